The molecule has 0 bridgehead atoms. The van der Waals surface area contributed by atoms with Crippen LogP contribution in [0.15, 0.2) is 18.2 Å². The summed E-state index contributed by atoms with van der Waals surface area (Å²) in [6.45, 7) is 1.24. The lowest BCUT2D eigenvalue weighted by Gasteiger charge is -2.07. The van der Waals surface area contributed by atoms with E-state index in [0.717, 1.165) is 36.4 Å². The molecule has 2 aromatic rings. The van der Waals surface area contributed by atoms with E-state index in [4.69, 9.17) is 17.0 Å². The Labute approximate surface area is 138 Å². The number of hydrogen-bond acceptors (Lipinski definition) is 4. The van der Waals surface area contributed by atoms with Crippen molar-refractivity contribution in [3.05, 3.63) is 39.9 Å². The Morgan fingerprint density at radius 1 is 1.48 bits per heavy atom. The highest BCUT2D eigenvalue weighted by Gasteiger charge is 2.27. The highest BCUT2D eigenvalue weighted by Crippen LogP contribution is 2.35. The molecule has 1 aliphatic heterocycles. The number of nitrogens with zero attached hydrogens (tertiary/aromatic N) is 2. The summed E-state index contributed by atoms with van der Waals surface area (Å²) < 4.78 is 8.21. The number of rotatable bonds is 5. The number of amides is 1. The largest absolute Gasteiger partial charge is 0.493 e. The molecule has 6 nitrogen and oxygen atoms in total. The molecule has 2 aliphatic rings. The lowest BCUT2D eigenvalue weighted by molar-refractivity contribution is 0.0954. The maximum Gasteiger partial charge on any atom is 0.251 e. The zero-order valence-corrected chi connectivity index (χ0v) is 13.5. The molecule has 23 heavy (non-hydrogen) atoms. The zero-order chi connectivity index (χ0) is 15.8. The van der Waals surface area contributed by atoms with Crippen LogP contribution in [0.4, 0.5) is 0 Å². The van der Waals surface area contributed by atoms with Gasteiger partial charge >= 0.3 is 0 Å². The van der Waals surface area contributed by atoms with Crippen LogP contribution in [0.25, 0.3) is 0 Å². The van der Waals surface area contributed by atoms with Crippen LogP contribution in [-0.2, 0) is 12.8 Å². The first-order valence-electron chi connectivity index (χ1n) is 7.92. The van der Waals surface area contributed by atoms with Crippen molar-refractivity contribution in [1.82, 2.24) is 20.1 Å². The molecule has 1 aromatic carbocycles. The summed E-state index contributed by atoms with van der Waals surface area (Å²) >= 11 is 5.26. The zero-order valence-electron chi connectivity index (χ0n) is 12.7. The first-order chi connectivity index (χ1) is 11.2. The molecule has 2 heterocycles. The van der Waals surface area contributed by atoms with Crippen LogP contribution in [-0.4, -0.2) is 33.8 Å². The standard InChI is InChI=1S/C16H18N4O2S/c21-15(11-1-4-13-10(9-11)6-8-22-13)17-7-5-14-18-19-16(23)20(14)12-2-3-12/h1,4,9,12H,2-3,5-8H2,(H,17,21)(H,19,23). The van der Waals surface area contributed by atoms with Crippen molar-refractivity contribution < 1.29 is 9.53 Å². The van der Waals surface area contributed by atoms with Gasteiger partial charge in [0.25, 0.3) is 5.91 Å². The molecule has 0 saturated heterocycles. The number of aromatic amines is 1. The van der Waals surface area contributed by atoms with Crippen LogP contribution < -0.4 is 10.1 Å². The van der Waals surface area contributed by atoms with Gasteiger partial charge in [0.15, 0.2) is 4.77 Å². The number of benzene rings is 1. The molecule has 1 aromatic heterocycles. The molecule has 0 unspecified atom stereocenters. The normalized spacial score (nSPS) is 16.0. The lowest BCUT2D eigenvalue weighted by Crippen LogP contribution is -2.26. The Bertz CT molecular complexity index is 807. The van der Waals surface area contributed by atoms with E-state index < -0.39 is 0 Å². The van der Waals surface area contributed by atoms with E-state index in [1.165, 1.54) is 0 Å². The van der Waals surface area contributed by atoms with Gasteiger partial charge in [0.05, 0.1) is 6.61 Å². The van der Waals surface area contributed by atoms with Crippen molar-refractivity contribution in [1.29, 1.82) is 0 Å². The molecule has 2 N–H and O–H groups in total. The third kappa shape index (κ3) is 2.88. The van der Waals surface area contributed by atoms with Gasteiger partial charge in [0.1, 0.15) is 11.6 Å². The van der Waals surface area contributed by atoms with E-state index in [1.807, 2.05) is 12.1 Å². The predicted octanol–water partition coefficient (Wildman–Crippen LogP) is 2.18. The number of fused-ring (bicyclic) bond motifs is 1. The van der Waals surface area contributed by atoms with E-state index in [1.54, 1.807) is 6.07 Å². The number of aromatic nitrogens is 3. The maximum absolute atomic E-state index is 12.3. The average molecular weight is 330 g/mol. The van der Waals surface area contributed by atoms with E-state index in [9.17, 15) is 4.79 Å². The predicted molar refractivity (Wildman–Crippen MR) is 87.4 cm³/mol. The topological polar surface area (TPSA) is 71.9 Å². The monoisotopic (exact) mass is 330 g/mol. The van der Waals surface area contributed by atoms with E-state index in [0.29, 0.717) is 35.9 Å². The van der Waals surface area contributed by atoms with Crippen LogP contribution in [0, 0.1) is 4.77 Å². The molecule has 120 valence electrons. The molecular weight excluding hydrogens is 312 g/mol. The van der Waals surface area contributed by atoms with Gasteiger partial charge in [-0.2, -0.15) is 5.10 Å². The Balaban J connectivity index is 1.38. The summed E-state index contributed by atoms with van der Waals surface area (Å²) in [5, 5.41) is 10.1. The average Bonchev–Trinajstić information content (AvgIpc) is 3.15. The Kier molecular flexibility index (Phi) is 3.65. The van der Waals surface area contributed by atoms with Gasteiger partial charge in [-0.1, -0.05) is 0 Å². The van der Waals surface area contributed by atoms with Gasteiger partial charge < -0.3 is 14.6 Å². The van der Waals surface area contributed by atoms with E-state index >= 15 is 0 Å². The number of carbonyl (C=O) groups excluding carboxylic acids is 1. The molecule has 1 fully saturated rings. The summed E-state index contributed by atoms with van der Waals surface area (Å²) in [5.74, 6) is 1.74. The van der Waals surface area contributed by atoms with Gasteiger partial charge in [0, 0.05) is 31.0 Å². The molecule has 4 rings (SSSR count). The lowest BCUT2D eigenvalue weighted by atomic mass is 10.1. The molecular formula is C16H18N4O2S. The number of nitrogens with one attached hydrogen (secondary N) is 2. The first kappa shape index (κ1) is 14.4. The molecule has 0 spiro atoms. The number of ether oxygens (including phenoxy) is 1. The Morgan fingerprint density at radius 3 is 3.17 bits per heavy atom. The van der Waals surface area contributed by atoms with Gasteiger partial charge in [0.2, 0.25) is 0 Å². The first-order valence-corrected chi connectivity index (χ1v) is 8.33. The fraction of sp³-hybridized carbons (Fsp3) is 0.438. The van der Waals surface area contributed by atoms with Crippen LogP contribution in [0.3, 0.4) is 0 Å². The number of carbonyl (C=O) groups is 1. The molecule has 0 radical (unpaired) electrons. The fourth-order valence-corrected chi connectivity index (χ4v) is 3.24. The van der Waals surface area contributed by atoms with Crippen molar-refractivity contribution in [2.75, 3.05) is 13.2 Å². The fourth-order valence-electron chi connectivity index (χ4n) is 2.94. The van der Waals surface area contributed by atoms with Crippen LogP contribution in [0.2, 0.25) is 0 Å². The summed E-state index contributed by atoms with van der Waals surface area (Å²) in [7, 11) is 0. The molecule has 1 amide bonds. The summed E-state index contributed by atoms with van der Waals surface area (Å²) in [6.07, 6.45) is 3.85. The van der Waals surface area contributed by atoms with Crippen LogP contribution >= 0.6 is 12.2 Å². The third-order valence-corrected chi connectivity index (χ3v) is 4.56. The summed E-state index contributed by atoms with van der Waals surface area (Å²) in [5.41, 5.74) is 1.78. The molecule has 1 aliphatic carbocycles. The minimum absolute atomic E-state index is 0.0631. The second-order valence-corrected chi connectivity index (χ2v) is 6.36. The highest BCUT2D eigenvalue weighted by atomic mass is 32.1. The van der Waals surface area contributed by atoms with Gasteiger partial charge in [-0.05, 0) is 48.8 Å². The van der Waals surface area contributed by atoms with Crippen molar-refractivity contribution >= 4 is 18.1 Å². The van der Waals surface area contributed by atoms with Gasteiger partial charge in [-0.3, -0.25) is 9.89 Å². The minimum Gasteiger partial charge on any atom is -0.493 e. The van der Waals surface area contributed by atoms with Crippen LogP contribution in [0.1, 0.15) is 40.6 Å². The summed E-state index contributed by atoms with van der Waals surface area (Å²) in [4.78, 5) is 12.3. The smallest absolute Gasteiger partial charge is 0.251 e. The number of hydrogen-bond donors (Lipinski definition) is 2. The Hall–Kier alpha value is -2.15. The van der Waals surface area contributed by atoms with Crippen molar-refractivity contribution in [2.45, 2.75) is 31.7 Å². The second kappa shape index (κ2) is 5.81. The maximum atomic E-state index is 12.3. The number of H-pyrrole nitrogens is 1. The molecule has 1 saturated carbocycles. The quantitative estimate of drug-likeness (QED) is 0.824. The van der Waals surface area contributed by atoms with E-state index in [2.05, 4.69) is 20.1 Å². The Morgan fingerprint density at radius 2 is 2.35 bits per heavy atom. The SMILES string of the molecule is O=C(NCCc1n[nH]c(=S)n1C1CC1)c1ccc2c(c1)CCO2. The van der Waals surface area contributed by atoms with Gasteiger partial charge in [-0.25, -0.2) is 0 Å². The molecule has 0 atom stereocenters. The van der Waals surface area contributed by atoms with Gasteiger partial charge in [-0.15, -0.1) is 0 Å². The second-order valence-electron chi connectivity index (χ2n) is 5.97. The van der Waals surface area contributed by atoms with Crippen LogP contribution in [0.5, 0.6) is 5.75 Å². The molecule has 7 heteroatoms. The van der Waals surface area contributed by atoms with E-state index in [-0.39, 0.29) is 5.91 Å². The summed E-state index contributed by atoms with van der Waals surface area (Å²) in [6, 6.07) is 6.08. The minimum atomic E-state index is -0.0631. The van der Waals surface area contributed by atoms with Crippen molar-refractivity contribution in [3.63, 3.8) is 0 Å². The van der Waals surface area contributed by atoms with Crippen molar-refractivity contribution in [3.8, 4) is 5.75 Å². The highest BCUT2D eigenvalue weighted by molar-refractivity contribution is 7.71. The van der Waals surface area contributed by atoms with Crippen molar-refractivity contribution in [2.24, 2.45) is 0 Å². The third-order valence-electron chi connectivity index (χ3n) is 4.28.